The standard InChI is InChI=1S/C25H36F3N7O2/c1-24(2)12-17(13-25(3,4)34-24)31-20-18(26)15-30-23(33-20)32-16-11-19(37-22(27)28)21(29-14-16)36-10-9-35-7-5-6-8-35/h11,14-15,17,22,34H,5-10,12-13H2,1-4H3,(H2,30,31,32,33). The van der Waals surface area contributed by atoms with E-state index >= 15 is 0 Å². The van der Waals surface area contributed by atoms with E-state index in [2.05, 4.69) is 68.2 Å². The lowest BCUT2D eigenvalue weighted by Crippen LogP contribution is -2.60. The summed E-state index contributed by atoms with van der Waals surface area (Å²) in [5.41, 5.74) is 0.0358. The number of ether oxygens (including phenoxy) is 2. The molecule has 0 bridgehead atoms. The molecule has 0 aliphatic carbocycles. The third-order valence-corrected chi connectivity index (χ3v) is 6.41. The van der Waals surface area contributed by atoms with Gasteiger partial charge >= 0.3 is 6.61 Å². The molecule has 0 spiro atoms. The van der Waals surface area contributed by atoms with Gasteiger partial charge in [0.15, 0.2) is 17.4 Å². The second kappa shape index (κ2) is 11.3. The van der Waals surface area contributed by atoms with Gasteiger partial charge in [0, 0.05) is 29.7 Å². The fraction of sp³-hybridized carbons (Fsp3) is 0.640. The molecule has 12 heteroatoms. The molecular weight excluding hydrogens is 487 g/mol. The summed E-state index contributed by atoms with van der Waals surface area (Å²) < 4.78 is 50.9. The van der Waals surface area contributed by atoms with Crippen molar-refractivity contribution in [3.8, 4) is 11.6 Å². The molecule has 0 saturated carbocycles. The van der Waals surface area contributed by atoms with Crippen molar-refractivity contribution in [2.24, 2.45) is 0 Å². The van der Waals surface area contributed by atoms with Crippen LogP contribution in [0.4, 0.5) is 30.6 Å². The first kappa shape index (κ1) is 27.2. The lowest BCUT2D eigenvalue weighted by Gasteiger charge is -2.46. The number of aromatic nitrogens is 3. The second-order valence-electron chi connectivity index (χ2n) is 11.0. The van der Waals surface area contributed by atoms with Crippen LogP contribution in [-0.4, -0.2) is 69.8 Å². The van der Waals surface area contributed by atoms with E-state index < -0.39 is 12.4 Å². The Morgan fingerprint density at radius 1 is 1.11 bits per heavy atom. The van der Waals surface area contributed by atoms with Gasteiger partial charge in [0.1, 0.15) is 6.61 Å². The number of halogens is 3. The summed E-state index contributed by atoms with van der Waals surface area (Å²) in [6.45, 7) is 8.38. The van der Waals surface area contributed by atoms with Gasteiger partial charge in [-0.15, -0.1) is 0 Å². The van der Waals surface area contributed by atoms with Gasteiger partial charge in [-0.2, -0.15) is 13.8 Å². The fourth-order valence-corrected chi connectivity index (χ4v) is 5.34. The number of nitrogens with zero attached hydrogens (tertiary/aromatic N) is 4. The van der Waals surface area contributed by atoms with Crippen molar-refractivity contribution < 1.29 is 22.6 Å². The maximum Gasteiger partial charge on any atom is 0.387 e. The Morgan fingerprint density at radius 3 is 2.49 bits per heavy atom. The average molecular weight is 524 g/mol. The SMILES string of the molecule is CC1(C)CC(Nc2nc(Nc3cnc(OCCN4CCCC4)c(OC(F)F)c3)ncc2F)CC(C)(C)N1. The van der Waals surface area contributed by atoms with Crippen LogP contribution in [0.15, 0.2) is 18.5 Å². The van der Waals surface area contributed by atoms with Crippen LogP contribution in [0, 0.1) is 5.82 Å². The van der Waals surface area contributed by atoms with E-state index in [0.717, 1.165) is 45.0 Å². The molecule has 0 amide bonds. The minimum atomic E-state index is -3.05. The van der Waals surface area contributed by atoms with Gasteiger partial charge in [0.2, 0.25) is 5.95 Å². The summed E-state index contributed by atoms with van der Waals surface area (Å²) in [5, 5.41) is 9.69. The first-order valence-electron chi connectivity index (χ1n) is 12.6. The first-order valence-corrected chi connectivity index (χ1v) is 12.6. The maximum absolute atomic E-state index is 14.6. The highest BCUT2D eigenvalue weighted by Crippen LogP contribution is 2.32. The van der Waals surface area contributed by atoms with E-state index in [-0.39, 0.29) is 40.5 Å². The molecule has 2 fully saturated rings. The highest BCUT2D eigenvalue weighted by Gasteiger charge is 2.38. The summed E-state index contributed by atoms with van der Waals surface area (Å²) in [6, 6.07) is 1.33. The number of hydrogen-bond acceptors (Lipinski definition) is 9. The number of likely N-dealkylation sites (tertiary alicyclic amines) is 1. The summed E-state index contributed by atoms with van der Waals surface area (Å²) in [5.74, 6) is -0.662. The van der Waals surface area contributed by atoms with Gasteiger partial charge < -0.3 is 25.4 Å². The molecule has 37 heavy (non-hydrogen) atoms. The molecule has 204 valence electrons. The number of alkyl halides is 2. The molecular formula is C25H36F3N7O2. The van der Waals surface area contributed by atoms with Crippen LogP contribution in [0.25, 0.3) is 0 Å². The average Bonchev–Trinajstić information content (AvgIpc) is 3.28. The highest BCUT2D eigenvalue weighted by atomic mass is 19.3. The summed E-state index contributed by atoms with van der Waals surface area (Å²) in [4.78, 5) is 14.7. The number of nitrogens with one attached hydrogen (secondary N) is 3. The van der Waals surface area contributed by atoms with Crippen LogP contribution in [-0.2, 0) is 0 Å². The third kappa shape index (κ3) is 7.81. The van der Waals surface area contributed by atoms with E-state index in [1.165, 1.54) is 12.3 Å². The Labute approximate surface area is 215 Å². The minimum absolute atomic E-state index is 0.00629. The zero-order valence-electron chi connectivity index (χ0n) is 21.8. The quantitative estimate of drug-likeness (QED) is 0.414. The van der Waals surface area contributed by atoms with E-state index in [1.54, 1.807) is 0 Å². The first-order chi connectivity index (χ1) is 17.5. The molecule has 3 N–H and O–H groups in total. The number of anilines is 3. The topological polar surface area (TPSA) is 96.5 Å². The smallest absolute Gasteiger partial charge is 0.387 e. The maximum atomic E-state index is 14.6. The van der Waals surface area contributed by atoms with Gasteiger partial charge in [-0.05, 0) is 66.5 Å². The molecule has 0 radical (unpaired) electrons. The second-order valence-corrected chi connectivity index (χ2v) is 11.0. The number of piperidine rings is 1. The van der Waals surface area contributed by atoms with E-state index in [1.807, 2.05) is 0 Å². The molecule has 2 aromatic heterocycles. The monoisotopic (exact) mass is 523 g/mol. The molecule has 4 heterocycles. The van der Waals surface area contributed by atoms with Gasteiger partial charge in [0.25, 0.3) is 5.88 Å². The van der Waals surface area contributed by atoms with Crippen LogP contribution in [0.1, 0.15) is 53.4 Å². The van der Waals surface area contributed by atoms with E-state index in [9.17, 15) is 13.2 Å². The molecule has 0 unspecified atom stereocenters. The Morgan fingerprint density at radius 2 is 1.81 bits per heavy atom. The Hall–Kier alpha value is -2.86. The highest BCUT2D eigenvalue weighted by molar-refractivity contribution is 5.58. The largest absolute Gasteiger partial charge is 0.474 e. The predicted molar refractivity (Wildman–Crippen MR) is 135 cm³/mol. The number of hydrogen-bond donors (Lipinski definition) is 3. The van der Waals surface area contributed by atoms with Crippen molar-refractivity contribution in [2.45, 2.75) is 77.1 Å². The number of pyridine rings is 1. The minimum Gasteiger partial charge on any atom is -0.474 e. The summed E-state index contributed by atoms with van der Waals surface area (Å²) in [7, 11) is 0. The van der Waals surface area contributed by atoms with Gasteiger partial charge in [-0.25, -0.2) is 14.4 Å². The van der Waals surface area contributed by atoms with E-state index in [4.69, 9.17) is 4.74 Å². The molecule has 9 nitrogen and oxygen atoms in total. The lowest BCUT2D eigenvalue weighted by atomic mass is 9.79. The third-order valence-electron chi connectivity index (χ3n) is 6.41. The Kier molecular flexibility index (Phi) is 8.27. The molecule has 2 aliphatic heterocycles. The van der Waals surface area contributed by atoms with Gasteiger partial charge in [-0.1, -0.05) is 0 Å². The van der Waals surface area contributed by atoms with Crippen LogP contribution in [0.5, 0.6) is 11.6 Å². The van der Waals surface area contributed by atoms with Crippen molar-refractivity contribution in [1.29, 1.82) is 0 Å². The predicted octanol–water partition coefficient (Wildman–Crippen LogP) is 4.55. The van der Waals surface area contributed by atoms with Crippen LogP contribution >= 0.6 is 0 Å². The van der Waals surface area contributed by atoms with Crippen molar-refractivity contribution in [2.75, 3.05) is 36.9 Å². The Balaban J connectivity index is 1.45. The summed E-state index contributed by atoms with van der Waals surface area (Å²) in [6.07, 6.45) is 6.32. The van der Waals surface area contributed by atoms with Crippen molar-refractivity contribution in [3.05, 3.63) is 24.3 Å². The van der Waals surface area contributed by atoms with Crippen LogP contribution in [0.2, 0.25) is 0 Å². The molecule has 2 saturated heterocycles. The van der Waals surface area contributed by atoms with Crippen molar-refractivity contribution >= 4 is 17.5 Å². The van der Waals surface area contributed by atoms with Crippen molar-refractivity contribution in [1.82, 2.24) is 25.2 Å². The van der Waals surface area contributed by atoms with Gasteiger partial charge in [-0.3, -0.25) is 4.90 Å². The molecule has 2 aromatic rings. The normalized spacial score (nSPS) is 19.7. The molecule has 2 aliphatic rings. The number of rotatable bonds is 10. The lowest BCUT2D eigenvalue weighted by molar-refractivity contribution is -0.0519. The van der Waals surface area contributed by atoms with Gasteiger partial charge in [0.05, 0.1) is 18.1 Å². The Bertz CT molecular complexity index is 1050. The van der Waals surface area contributed by atoms with Crippen LogP contribution < -0.4 is 25.4 Å². The zero-order chi connectivity index (χ0) is 26.6. The van der Waals surface area contributed by atoms with E-state index in [0.29, 0.717) is 18.8 Å². The fourth-order valence-electron chi connectivity index (χ4n) is 5.34. The molecule has 0 aromatic carbocycles. The van der Waals surface area contributed by atoms with Crippen LogP contribution in [0.3, 0.4) is 0 Å². The summed E-state index contributed by atoms with van der Waals surface area (Å²) >= 11 is 0. The zero-order valence-corrected chi connectivity index (χ0v) is 21.8. The molecule has 4 rings (SSSR count). The molecule has 0 atom stereocenters. The van der Waals surface area contributed by atoms with Crippen molar-refractivity contribution in [3.63, 3.8) is 0 Å².